The van der Waals surface area contributed by atoms with Crippen molar-refractivity contribution in [2.24, 2.45) is 0 Å². The van der Waals surface area contributed by atoms with Crippen molar-refractivity contribution in [3.63, 3.8) is 0 Å². The van der Waals surface area contributed by atoms with Gasteiger partial charge in [0.2, 0.25) is 5.95 Å². The summed E-state index contributed by atoms with van der Waals surface area (Å²) >= 11 is 0. The monoisotopic (exact) mass is 1880 g/mol. The zero-order valence-corrected chi connectivity index (χ0v) is 68.5. The third-order valence-electron chi connectivity index (χ3n) is 18.6. The molecule has 136 heavy (non-hydrogen) atoms. The number of nitrogens with one attached hydrogen (secondary N) is 4. The molecule has 19 N–H and O–H groups in total. The summed E-state index contributed by atoms with van der Waals surface area (Å²) in [4.78, 5) is 435. The number of carbonyl (C=O) groups is 18. The Morgan fingerprint density at radius 1 is 0.324 bits per heavy atom. The van der Waals surface area contributed by atoms with E-state index in [4.69, 9.17) is 40.1 Å². The molecule has 12 aromatic heterocycles. The maximum atomic E-state index is 15.8. The van der Waals surface area contributed by atoms with Crippen LogP contribution >= 0.6 is 0 Å². The number of rotatable bonds is 18. The molecule has 0 bridgehead atoms. The third kappa shape index (κ3) is 19.3. The number of carbonyl (C=O) groups excluding carboxylic acids is 17. The van der Waals surface area contributed by atoms with Crippen LogP contribution in [0.2, 0.25) is 0 Å². The molecule has 0 saturated heterocycles. The lowest BCUT2D eigenvalue weighted by molar-refractivity contribution is -0.144. The molecule has 12 aromatic rings. The number of anilines is 7. The number of aliphatic carboxylic acids is 1. The molecule has 0 atom stereocenters. The number of nitrogen functional groups attached to an aromatic ring is 7. The molecule has 0 saturated carbocycles. The van der Waals surface area contributed by atoms with Crippen LogP contribution in [0.1, 0.15) is 11.1 Å². The van der Waals surface area contributed by atoms with Gasteiger partial charge in [0.1, 0.15) is 107 Å². The highest BCUT2D eigenvalue weighted by molar-refractivity contribution is 6.13. The molecule has 12 rings (SSSR count). The Bertz CT molecular complexity index is 7830. The van der Waals surface area contributed by atoms with E-state index in [-0.39, 0.29) is 67.5 Å². The fraction of sp³-hybridized carbons (Fsp3) is 0.162. The van der Waals surface area contributed by atoms with Crippen molar-refractivity contribution in [1.82, 2.24) is 160 Å². The van der Waals surface area contributed by atoms with Crippen LogP contribution in [-0.2, 0) is 43.2 Å². The number of nitrogens with two attached hydrogens (primary N) is 7. The second-order valence-corrected chi connectivity index (χ2v) is 27.4. The molecule has 0 unspecified atom stereocenters. The number of carboxylic acids is 1. The van der Waals surface area contributed by atoms with Crippen LogP contribution in [0, 0.1) is 13.8 Å². The van der Waals surface area contributed by atoms with Crippen LogP contribution in [0.25, 0.3) is 33.5 Å². The van der Waals surface area contributed by atoms with Crippen LogP contribution in [0.4, 0.5) is 84.0 Å². The van der Waals surface area contributed by atoms with E-state index >= 15 is 52.7 Å². The topological polar surface area (TPSA) is 948 Å². The van der Waals surface area contributed by atoms with E-state index < -0.39 is 311 Å². The van der Waals surface area contributed by atoms with Gasteiger partial charge in [0.05, 0.1) is 6.54 Å². The fourth-order valence-electron chi connectivity index (χ4n) is 11.9. The van der Waals surface area contributed by atoms with Crippen LogP contribution in [0.5, 0.6) is 0 Å². The van der Waals surface area contributed by atoms with Crippen molar-refractivity contribution in [3.8, 4) is 0 Å². The zero-order valence-electron chi connectivity index (χ0n) is 68.5. The van der Waals surface area contributed by atoms with Gasteiger partial charge in [-0.25, -0.2) is 148 Å². The predicted octanol–water partition coefficient (Wildman–Crippen LogP) is -11.4. The van der Waals surface area contributed by atoms with E-state index in [9.17, 15) is 81.8 Å². The molecular weight excluding hydrogens is 1820 g/mol. The van der Waals surface area contributed by atoms with Crippen molar-refractivity contribution in [2.75, 3.05) is 99.0 Å². The van der Waals surface area contributed by atoms with Crippen LogP contribution < -0.4 is 96.3 Å². The summed E-state index contributed by atoms with van der Waals surface area (Å²) in [6.07, 6.45) is 6.14. The highest BCUT2D eigenvalue weighted by atomic mass is 16.4. The average molecular weight is 1880 g/mol. The van der Waals surface area contributed by atoms with Gasteiger partial charge in [-0.3, -0.25) is 112 Å². The van der Waals surface area contributed by atoms with Gasteiger partial charge >= 0.3 is 94.4 Å². The zero-order chi connectivity index (χ0) is 99.3. The van der Waals surface area contributed by atoms with Gasteiger partial charge in [0.25, 0.3) is 63.9 Å². The molecule has 0 fully saturated rings. The van der Waals surface area contributed by atoms with Crippen LogP contribution in [-0.4, -0.2) is 327 Å². The molecule has 0 aliphatic rings. The van der Waals surface area contributed by atoms with E-state index in [2.05, 4.69) is 59.8 Å². The number of imidazole rings is 3. The third-order valence-corrected chi connectivity index (χ3v) is 18.6. The predicted molar refractivity (Wildman–Crippen MR) is 442 cm³/mol. The molecule has 698 valence electrons. The number of aryl methyl sites for hydroxylation is 2. The minimum Gasteiger partial charge on any atom is -0.480 e. The lowest BCUT2D eigenvalue weighted by Gasteiger charge is -2.30. The van der Waals surface area contributed by atoms with Crippen molar-refractivity contribution >= 4 is 182 Å². The number of hydrogen-bond donors (Lipinski definition) is 12. The average Bonchev–Trinajstić information content (AvgIpc) is 1.72. The van der Waals surface area contributed by atoms with Crippen molar-refractivity contribution < 1.29 is 91.4 Å². The summed E-state index contributed by atoms with van der Waals surface area (Å²) < 4.78 is 0.480. The highest BCUT2D eigenvalue weighted by Gasteiger charge is 2.43. The molecule has 0 aliphatic carbocycles. The summed E-state index contributed by atoms with van der Waals surface area (Å²) in [5, 5.41) is 11.9. The number of fused-ring (bicyclic) bond motifs is 3. The molecule has 12 heterocycles. The SMILES string of the molecule is Cc1cn(C(=O)N(CC(=O)N(CC(=O)O)C(=O)n2ccc(N)nc2=O)C(=O)CN(C(=O)CN(C(=O)CN(C(=O)CN(C(=O)CN(C(=O)CN(C(=O)CNC(=O)n2ccc(N)nc2=O)C(=O)n2cnc3c(N)ncnc32)C(=O)n2ccc(N)nc2=O)C(=O)n2cnc3c(N)ncnc32)C(=O)n2ccc(N)nc2=O)C(=O)n2cc(C)c(=O)[nH]c2=O)C(=O)n2cnc3c(=O)[nH]c(N)nc32)c(=O)[nH]c1=O. The molecule has 0 radical (unpaired) electrons. The Morgan fingerprint density at radius 2 is 0.603 bits per heavy atom. The summed E-state index contributed by atoms with van der Waals surface area (Å²) in [7, 11) is 0. The number of carboxylic acid groups (broad SMARTS) is 1. The smallest absolute Gasteiger partial charge is 0.357 e. The molecule has 0 spiro atoms. The molecule has 0 aliphatic heterocycles. The van der Waals surface area contributed by atoms with Crippen molar-refractivity contribution in [3.05, 3.63) is 198 Å². The number of hydrogen-bond acceptors (Lipinski definition) is 46. The first-order valence-corrected chi connectivity index (χ1v) is 37.2. The number of aromatic nitrogens is 24. The fourth-order valence-corrected chi connectivity index (χ4v) is 11.9. The quantitative estimate of drug-likeness (QED) is 0.0379. The van der Waals surface area contributed by atoms with Gasteiger partial charge in [-0.1, -0.05) is 0 Å². The Labute approximate surface area is 742 Å². The van der Waals surface area contributed by atoms with E-state index in [1.54, 1.807) is 9.97 Å². The van der Waals surface area contributed by atoms with Gasteiger partial charge in [0.15, 0.2) is 45.1 Å². The van der Waals surface area contributed by atoms with E-state index in [0.717, 1.165) is 44.6 Å². The first kappa shape index (κ1) is 94.1. The largest absolute Gasteiger partial charge is 0.480 e. The summed E-state index contributed by atoms with van der Waals surface area (Å²) in [5.41, 5.74) is 21.4. The Balaban J connectivity index is 0.975. The lowest BCUT2D eigenvalue weighted by atomic mass is 10.3. The number of nitrogens with zero attached hydrogens (tertiary/aromatic N) is 29. The van der Waals surface area contributed by atoms with Gasteiger partial charge < -0.3 is 50.6 Å². The Morgan fingerprint density at radius 3 is 0.919 bits per heavy atom. The Kier molecular flexibility index (Phi) is 26.2. The molecule has 17 amide bonds. The minimum absolute atomic E-state index is 0.0183. The van der Waals surface area contributed by atoms with E-state index in [1.165, 1.54) is 0 Å². The van der Waals surface area contributed by atoms with Gasteiger partial charge in [0, 0.05) is 48.3 Å². The first-order chi connectivity index (χ1) is 64.2. The standard InChI is InChI=1S/C68H58N40O28/c1-27-12-104(59(127)90-50(27)119)64(132)99(17-39(115)102(68(136)108-26-83-44-49(108)88-53(75)89-52(44)121)19-37(113)100(65(133)105-13-28(2)51(120)91-60(105)128)20-40(116)103(21-41(117)118)63(131)95-10-6-32(72)87-58(95)126)36(112)15-98(62(130)94-9-5-31(71)86-57(94)125)35(111)18-101(67(135)107-25-82-43-46(74)78-23-80-48(43)107)38(114)16-97(61(129)93-8-4-30(70)85-56(93)124)34(110)14-96(66(134)106-24-81-42-45(73)77-22-79-47(42)106)33(109)11-76-54(122)92-7-3-29(69)84-55(92)123/h3-10,12-13,22-26H,11,14-21H2,1-2H3,(H,76,122)(H,117,118)(H2,69,84,123)(H2,70,85,124)(H2,71,86,125)(H2,72,87,126)(H2,73,77,79)(H2,74,78,80)(H,90,119,127)(H,91,120,128)(H3,75,88,89,121). The molecule has 68 nitrogen and oxygen atoms in total. The van der Waals surface area contributed by atoms with Crippen molar-refractivity contribution in [1.29, 1.82) is 0 Å². The molecular formula is C68H58N40O28. The van der Waals surface area contributed by atoms with Gasteiger partial charge in [-0.15, -0.1) is 0 Å². The minimum atomic E-state index is -2.32. The second-order valence-electron chi connectivity index (χ2n) is 27.4. The van der Waals surface area contributed by atoms with E-state index in [1.807, 2.05) is 10.3 Å². The Hall–Kier alpha value is -21.0. The molecule has 0 aromatic carbocycles. The lowest BCUT2D eigenvalue weighted by Crippen LogP contribution is -2.58. The first-order valence-electron chi connectivity index (χ1n) is 37.2. The molecule has 68 heteroatoms. The van der Waals surface area contributed by atoms with Crippen molar-refractivity contribution in [2.45, 2.75) is 13.8 Å². The number of imide groups is 8. The number of amides is 17. The van der Waals surface area contributed by atoms with Gasteiger partial charge in [-0.2, -0.15) is 24.9 Å². The maximum absolute atomic E-state index is 15.8. The summed E-state index contributed by atoms with van der Waals surface area (Å²) in [6, 6.07) is -14.7. The van der Waals surface area contributed by atoms with Crippen LogP contribution in [0.3, 0.4) is 0 Å². The highest BCUT2D eigenvalue weighted by Crippen LogP contribution is 2.21. The van der Waals surface area contributed by atoms with Crippen LogP contribution in [0.15, 0.2) is 136 Å². The van der Waals surface area contributed by atoms with Gasteiger partial charge in [-0.05, 0) is 38.1 Å². The normalized spacial score (nSPS) is 11.0. The summed E-state index contributed by atoms with van der Waals surface area (Å²) in [6.45, 7) is -16.4. The maximum Gasteiger partial charge on any atom is 0.357 e. The number of aromatic amines is 3. The second kappa shape index (κ2) is 37.9. The summed E-state index contributed by atoms with van der Waals surface area (Å²) in [5.74, 6) is -23.1. The van der Waals surface area contributed by atoms with E-state index in [0.29, 0.717) is 66.9 Å². The number of H-pyrrole nitrogens is 3.